The SMILES string of the molecule is C[Si](CCc1ccccc1)=[Hf]([CH3])([CH3])([CH]1C=Cc2c(-c3cccc(C(C)(C)C)c3)cccc21)[CH]1C=Cc2c(-c3cccc(C(C)(C)C)c3)cccc21. The van der Waals surface area contributed by atoms with Gasteiger partial charge in [0.05, 0.1) is 0 Å². The number of aryl methyl sites for hydroxylation is 1. The van der Waals surface area contributed by atoms with Gasteiger partial charge in [-0.1, -0.05) is 0 Å². The first-order chi connectivity index (χ1) is 24.2. The van der Waals surface area contributed by atoms with Gasteiger partial charge in [0.2, 0.25) is 0 Å². The summed E-state index contributed by atoms with van der Waals surface area (Å²) in [4.78, 5) is 0. The molecule has 0 radical (unpaired) electrons. The maximum atomic E-state index is 2.88. The Labute approximate surface area is 309 Å². The van der Waals surface area contributed by atoms with Gasteiger partial charge in [-0.2, -0.15) is 0 Å². The molecule has 7 rings (SSSR count). The predicted molar refractivity (Wildman–Crippen MR) is 223 cm³/mol. The van der Waals surface area contributed by atoms with E-state index in [9.17, 15) is 0 Å². The summed E-state index contributed by atoms with van der Waals surface area (Å²) in [5, 5.41) is 0. The standard InChI is InChI=1S/2C19H19.C9H12Si.2CH3.Hf/c2*1-19(2,3)16-10-4-9-15(13-16)18-12-6-8-14-7-5-11-17(14)18;1-10-8-7-9-5-3-2-4-6-9;;;/h2*4-13H,1-3H3;2-6H,7-8H2,1H3;2*1H3;. The van der Waals surface area contributed by atoms with Gasteiger partial charge in [0, 0.05) is 0 Å². The van der Waals surface area contributed by atoms with E-state index in [4.69, 9.17) is 0 Å². The minimum absolute atomic E-state index is 0.114. The van der Waals surface area contributed by atoms with Crippen molar-refractivity contribution >= 4 is 17.6 Å². The Morgan fingerprint density at radius 2 is 1.00 bits per heavy atom. The van der Waals surface area contributed by atoms with E-state index in [0.29, 0.717) is 7.35 Å². The van der Waals surface area contributed by atoms with Gasteiger partial charge in [-0.15, -0.1) is 0 Å². The first kappa shape index (κ1) is 36.0. The molecule has 0 fully saturated rings. The third-order valence-electron chi connectivity index (χ3n) is 12.8. The molecule has 2 aliphatic rings. The molecule has 2 atom stereocenters. The number of allylic oxidation sites excluding steroid dienone is 2. The van der Waals surface area contributed by atoms with E-state index in [1.807, 2.05) is 0 Å². The van der Waals surface area contributed by atoms with Crippen LogP contribution in [-0.4, -0.2) is 5.49 Å². The van der Waals surface area contributed by atoms with E-state index in [1.54, 1.807) is 11.1 Å². The molecule has 2 aliphatic carbocycles. The second-order valence-corrected chi connectivity index (χ2v) is 65.7. The summed E-state index contributed by atoms with van der Waals surface area (Å²) in [5.41, 5.74) is 15.2. The normalized spacial score (nSPS) is 17.1. The zero-order chi connectivity index (χ0) is 36.2. The maximum absolute atomic E-state index is 4.01. The van der Waals surface area contributed by atoms with Crippen LogP contribution in [0.15, 0.2) is 127 Å². The van der Waals surface area contributed by atoms with Crippen LogP contribution < -0.4 is 0 Å². The van der Waals surface area contributed by atoms with Crippen LogP contribution in [0.4, 0.5) is 0 Å². The van der Waals surface area contributed by atoms with Gasteiger partial charge in [0.15, 0.2) is 0 Å². The molecular weight excluding hydrogens is 795 g/mol. The first-order valence-electron chi connectivity index (χ1n) is 19.1. The third-order valence-corrected chi connectivity index (χ3v) is 70.7. The summed E-state index contributed by atoms with van der Waals surface area (Å²) in [6.07, 6.45) is 11.6. The Morgan fingerprint density at radius 3 is 1.45 bits per heavy atom. The summed E-state index contributed by atoms with van der Waals surface area (Å²) >= 11 is -4.01. The van der Waals surface area contributed by atoms with E-state index in [1.165, 1.54) is 62.5 Å². The molecule has 0 aliphatic heterocycles. The molecule has 0 nitrogen and oxygen atoms in total. The topological polar surface area (TPSA) is 0 Å². The second kappa shape index (κ2) is 13.3. The van der Waals surface area contributed by atoms with Crippen molar-refractivity contribution in [1.82, 2.24) is 0 Å². The average molecular weight is 852 g/mol. The summed E-state index contributed by atoms with van der Waals surface area (Å²) in [5.74, 6) is 0. The number of benzene rings is 5. The van der Waals surface area contributed by atoms with Crippen LogP contribution in [0.2, 0.25) is 22.0 Å². The summed E-state index contributed by atoms with van der Waals surface area (Å²) in [6, 6.07) is 45.5. The van der Waals surface area contributed by atoms with Crippen LogP contribution in [0.25, 0.3) is 34.4 Å². The third kappa shape index (κ3) is 6.50. The van der Waals surface area contributed by atoms with Gasteiger partial charge in [0.25, 0.3) is 0 Å². The molecule has 51 heavy (non-hydrogen) atoms. The van der Waals surface area contributed by atoms with Crippen LogP contribution in [0.5, 0.6) is 0 Å². The molecule has 0 bridgehead atoms. The summed E-state index contributed by atoms with van der Waals surface area (Å²) in [7, 11) is 0. The molecule has 0 aromatic heterocycles. The molecule has 5 aromatic carbocycles. The molecular formula is C49H56HfSi. The van der Waals surface area contributed by atoms with Crippen molar-refractivity contribution in [1.29, 1.82) is 0 Å². The molecule has 2 heteroatoms. The summed E-state index contributed by atoms with van der Waals surface area (Å²) in [6.45, 7) is 16.6. The Bertz CT molecular complexity index is 2120. The van der Waals surface area contributed by atoms with Crippen LogP contribution >= 0.6 is 0 Å². The second-order valence-electron chi connectivity index (χ2n) is 18.3. The average Bonchev–Trinajstić information content (AvgIpc) is 3.77. The van der Waals surface area contributed by atoms with Gasteiger partial charge in [-0.3, -0.25) is 0 Å². The van der Waals surface area contributed by atoms with Crippen LogP contribution in [-0.2, 0) is 34.4 Å². The molecule has 0 saturated heterocycles. The van der Waals surface area contributed by atoms with Crippen LogP contribution in [0, 0.1) is 0 Å². The zero-order valence-corrected chi connectivity index (χ0v) is 36.9. The van der Waals surface area contributed by atoms with Gasteiger partial charge in [-0.05, 0) is 0 Å². The van der Waals surface area contributed by atoms with E-state index in [0.717, 1.165) is 0 Å². The Kier molecular flexibility index (Phi) is 9.37. The molecule has 2 unspecified atom stereocenters. The van der Waals surface area contributed by atoms with E-state index >= 15 is 0 Å². The van der Waals surface area contributed by atoms with Crippen molar-refractivity contribution in [2.24, 2.45) is 0 Å². The Balaban J connectivity index is 1.39. The van der Waals surface area contributed by atoms with Crippen LogP contribution in [0.3, 0.4) is 0 Å². The molecule has 260 valence electrons. The van der Waals surface area contributed by atoms with Gasteiger partial charge >= 0.3 is 311 Å². The Hall–Kier alpha value is -3.33. The predicted octanol–water partition coefficient (Wildman–Crippen LogP) is 14.1. The zero-order valence-electron chi connectivity index (χ0n) is 32.3. The molecule has 0 heterocycles. The van der Waals surface area contributed by atoms with Crippen molar-refractivity contribution < 1.29 is 17.1 Å². The molecule has 0 N–H and O–H groups in total. The molecule has 5 aromatic rings. The van der Waals surface area contributed by atoms with Crippen molar-refractivity contribution in [2.45, 2.75) is 88.1 Å². The van der Waals surface area contributed by atoms with Gasteiger partial charge in [0.1, 0.15) is 0 Å². The number of fused-ring (bicyclic) bond motifs is 2. The van der Waals surface area contributed by atoms with Crippen molar-refractivity contribution in [3.05, 3.63) is 166 Å². The fourth-order valence-corrected chi connectivity index (χ4v) is 52.1. The van der Waals surface area contributed by atoms with Gasteiger partial charge in [-0.25, -0.2) is 0 Å². The summed E-state index contributed by atoms with van der Waals surface area (Å²) < 4.78 is 6.77. The first-order valence-corrected chi connectivity index (χ1v) is 38.0. The Morgan fingerprint density at radius 1 is 0.549 bits per heavy atom. The monoisotopic (exact) mass is 852 g/mol. The number of rotatable bonds is 7. The van der Waals surface area contributed by atoms with E-state index in [2.05, 4.69) is 197 Å². The molecule has 0 amide bonds. The van der Waals surface area contributed by atoms with E-state index in [-0.39, 0.29) is 10.8 Å². The van der Waals surface area contributed by atoms with Crippen LogP contribution in [0.1, 0.15) is 87.8 Å². The quantitative estimate of drug-likeness (QED) is 0.143. The van der Waals surface area contributed by atoms with Crippen molar-refractivity contribution in [3.63, 3.8) is 0 Å². The van der Waals surface area contributed by atoms with Gasteiger partial charge < -0.3 is 0 Å². The number of hydrogen-bond acceptors (Lipinski definition) is 0. The number of hydrogen-bond donors (Lipinski definition) is 0. The van der Waals surface area contributed by atoms with Crippen molar-refractivity contribution in [3.8, 4) is 22.3 Å². The molecule has 0 saturated carbocycles. The van der Waals surface area contributed by atoms with Crippen molar-refractivity contribution in [2.75, 3.05) is 0 Å². The fraction of sp³-hybridized carbons (Fsp3) is 0.306. The van der Waals surface area contributed by atoms with E-state index < -0.39 is 22.6 Å². The molecule has 0 spiro atoms. The minimum atomic E-state index is -4.01. The fourth-order valence-electron chi connectivity index (χ4n) is 9.13.